The molecule has 0 aliphatic carbocycles. The van der Waals surface area contributed by atoms with Gasteiger partial charge in [0.1, 0.15) is 10.8 Å². The Kier molecular flexibility index (Phi) is 3.72. The lowest BCUT2D eigenvalue weighted by atomic mass is 10.0. The van der Waals surface area contributed by atoms with Gasteiger partial charge in [0.15, 0.2) is 0 Å². The minimum atomic E-state index is -0.948. The summed E-state index contributed by atoms with van der Waals surface area (Å²) in [6.07, 6.45) is 2.21. The standard InChI is InChI=1S/C13H13NO3S/c1-8-6-9(13(16)17)12(14-7-8)18-11-5-3-2-4-10(11)15/h2-5,7-8,15H,6H2,1H3,(H,16,17). The first-order valence-electron chi connectivity index (χ1n) is 5.54. The lowest BCUT2D eigenvalue weighted by Crippen LogP contribution is -2.12. The van der Waals surface area contributed by atoms with E-state index in [1.807, 2.05) is 6.92 Å². The van der Waals surface area contributed by atoms with Gasteiger partial charge in [-0.05, 0) is 24.5 Å². The molecule has 5 heteroatoms. The largest absolute Gasteiger partial charge is 0.507 e. The maximum atomic E-state index is 11.2. The molecule has 0 bridgehead atoms. The van der Waals surface area contributed by atoms with Crippen molar-refractivity contribution in [3.05, 3.63) is 34.9 Å². The number of carbonyl (C=O) groups is 1. The topological polar surface area (TPSA) is 69.9 Å². The van der Waals surface area contributed by atoms with E-state index in [2.05, 4.69) is 4.99 Å². The van der Waals surface area contributed by atoms with E-state index in [9.17, 15) is 9.90 Å². The number of phenols is 1. The average molecular weight is 263 g/mol. The number of carboxylic acid groups (broad SMARTS) is 1. The van der Waals surface area contributed by atoms with Gasteiger partial charge in [0.05, 0.1) is 10.5 Å². The number of nitrogens with zero attached hydrogens (tertiary/aromatic N) is 1. The summed E-state index contributed by atoms with van der Waals surface area (Å²) < 4.78 is 0. The maximum Gasteiger partial charge on any atom is 0.334 e. The lowest BCUT2D eigenvalue weighted by Gasteiger charge is -2.16. The smallest absolute Gasteiger partial charge is 0.334 e. The number of aliphatic imine (C=N–C) groups is 1. The highest BCUT2D eigenvalue weighted by Gasteiger charge is 2.21. The van der Waals surface area contributed by atoms with Crippen LogP contribution in [0.1, 0.15) is 13.3 Å². The maximum absolute atomic E-state index is 11.2. The van der Waals surface area contributed by atoms with Crippen molar-refractivity contribution in [1.29, 1.82) is 0 Å². The molecule has 1 atom stereocenters. The van der Waals surface area contributed by atoms with Gasteiger partial charge in [-0.2, -0.15) is 0 Å². The monoisotopic (exact) mass is 263 g/mol. The van der Waals surface area contributed by atoms with Gasteiger partial charge in [-0.25, -0.2) is 4.79 Å². The van der Waals surface area contributed by atoms with Gasteiger partial charge in [0.2, 0.25) is 0 Å². The Morgan fingerprint density at radius 2 is 2.17 bits per heavy atom. The molecule has 1 unspecified atom stereocenters. The van der Waals surface area contributed by atoms with Gasteiger partial charge < -0.3 is 10.2 Å². The number of hydrogen-bond donors (Lipinski definition) is 2. The molecule has 0 fully saturated rings. The lowest BCUT2D eigenvalue weighted by molar-refractivity contribution is -0.132. The minimum absolute atomic E-state index is 0.129. The minimum Gasteiger partial charge on any atom is -0.507 e. The van der Waals surface area contributed by atoms with Crippen molar-refractivity contribution < 1.29 is 15.0 Å². The summed E-state index contributed by atoms with van der Waals surface area (Å²) >= 11 is 1.18. The van der Waals surface area contributed by atoms with Gasteiger partial charge in [-0.3, -0.25) is 4.99 Å². The first-order chi connectivity index (χ1) is 8.58. The molecule has 2 rings (SSSR count). The summed E-state index contributed by atoms with van der Waals surface area (Å²) in [4.78, 5) is 16.0. The van der Waals surface area contributed by atoms with Crippen molar-refractivity contribution in [3.63, 3.8) is 0 Å². The highest BCUT2D eigenvalue weighted by atomic mass is 32.2. The highest BCUT2D eigenvalue weighted by Crippen LogP contribution is 2.38. The van der Waals surface area contributed by atoms with Gasteiger partial charge in [0, 0.05) is 6.21 Å². The molecular weight excluding hydrogens is 250 g/mol. The molecule has 18 heavy (non-hydrogen) atoms. The molecule has 1 aliphatic rings. The van der Waals surface area contributed by atoms with Crippen LogP contribution in [0.4, 0.5) is 0 Å². The molecule has 0 saturated heterocycles. The number of carboxylic acids is 1. The Morgan fingerprint density at radius 3 is 2.83 bits per heavy atom. The van der Waals surface area contributed by atoms with Crippen LogP contribution in [0.25, 0.3) is 0 Å². The van der Waals surface area contributed by atoms with Crippen molar-refractivity contribution in [3.8, 4) is 5.75 Å². The second-order valence-corrected chi connectivity index (χ2v) is 5.15. The van der Waals surface area contributed by atoms with E-state index in [1.165, 1.54) is 11.8 Å². The summed E-state index contributed by atoms with van der Waals surface area (Å²) in [7, 11) is 0. The predicted octanol–water partition coefficient (Wildman–Crippen LogP) is 2.89. The van der Waals surface area contributed by atoms with Crippen molar-refractivity contribution in [2.45, 2.75) is 18.2 Å². The zero-order chi connectivity index (χ0) is 13.1. The quantitative estimate of drug-likeness (QED) is 0.879. The third kappa shape index (κ3) is 2.73. The molecule has 0 spiro atoms. The third-order valence-electron chi connectivity index (χ3n) is 2.56. The van der Waals surface area contributed by atoms with Gasteiger partial charge in [-0.1, -0.05) is 30.8 Å². The first-order valence-corrected chi connectivity index (χ1v) is 6.36. The molecule has 0 amide bonds. The highest BCUT2D eigenvalue weighted by molar-refractivity contribution is 8.03. The fraction of sp³-hybridized carbons (Fsp3) is 0.231. The van der Waals surface area contributed by atoms with Gasteiger partial charge >= 0.3 is 5.97 Å². The van der Waals surface area contributed by atoms with Crippen molar-refractivity contribution in [2.75, 3.05) is 0 Å². The molecule has 4 nitrogen and oxygen atoms in total. The number of rotatable bonds is 3. The van der Waals surface area contributed by atoms with Crippen molar-refractivity contribution >= 4 is 23.9 Å². The fourth-order valence-electron chi connectivity index (χ4n) is 1.65. The van der Waals surface area contributed by atoms with Crippen LogP contribution in [0.2, 0.25) is 0 Å². The van der Waals surface area contributed by atoms with E-state index in [4.69, 9.17) is 5.11 Å². The first kappa shape index (κ1) is 12.7. The molecule has 2 N–H and O–H groups in total. The molecular formula is C13H13NO3S. The Morgan fingerprint density at radius 1 is 1.44 bits per heavy atom. The predicted molar refractivity (Wildman–Crippen MR) is 70.9 cm³/mol. The fourth-order valence-corrected chi connectivity index (χ4v) is 2.58. The summed E-state index contributed by atoms with van der Waals surface area (Å²) in [6.45, 7) is 1.92. The van der Waals surface area contributed by atoms with Crippen LogP contribution in [0, 0.1) is 5.92 Å². The van der Waals surface area contributed by atoms with E-state index < -0.39 is 5.97 Å². The summed E-state index contributed by atoms with van der Waals surface area (Å²) in [5.74, 6) is -0.685. The van der Waals surface area contributed by atoms with Crippen molar-refractivity contribution in [2.24, 2.45) is 10.9 Å². The number of hydrogen-bond acceptors (Lipinski definition) is 4. The average Bonchev–Trinajstić information content (AvgIpc) is 2.34. The van der Waals surface area contributed by atoms with Crippen LogP contribution < -0.4 is 0 Å². The van der Waals surface area contributed by atoms with Crippen LogP contribution in [0.3, 0.4) is 0 Å². The van der Waals surface area contributed by atoms with E-state index >= 15 is 0 Å². The Hall–Kier alpha value is -1.75. The Bertz CT molecular complexity index is 537. The molecule has 1 heterocycles. The zero-order valence-electron chi connectivity index (χ0n) is 9.83. The number of aliphatic carboxylic acids is 1. The number of phenolic OH excluding ortho intramolecular Hbond substituents is 1. The molecule has 0 radical (unpaired) electrons. The normalized spacial score (nSPS) is 19.1. The molecule has 1 aromatic carbocycles. The van der Waals surface area contributed by atoms with Gasteiger partial charge in [0.25, 0.3) is 0 Å². The van der Waals surface area contributed by atoms with Crippen LogP contribution in [-0.2, 0) is 4.79 Å². The zero-order valence-corrected chi connectivity index (χ0v) is 10.6. The van der Waals surface area contributed by atoms with Crippen LogP contribution in [-0.4, -0.2) is 22.4 Å². The number of aromatic hydroxyl groups is 1. The second kappa shape index (κ2) is 5.27. The van der Waals surface area contributed by atoms with E-state index in [0.29, 0.717) is 21.9 Å². The number of para-hydroxylation sites is 1. The SMILES string of the molecule is CC1C=NC(Sc2ccccc2O)=C(C(=O)O)C1. The van der Waals surface area contributed by atoms with E-state index in [1.54, 1.807) is 30.5 Å². The second-order valence-electron chi connectivity index (χ2n) is 4.12. The summed E-state index contributed by atoms with van der Waals surface area (Å²) in [5, 5.41) is 19.3. The molecule has 0 saturated carbocycles. The van der Waals surface area contributed by atoms with Crippen LogP contribution in [0.15, 0.2) is 44.8 Å². The molecule has 0 aromatic heterocycles. The number of thioether (sulfide) groups is 1. The van der Waals surface area contributed by atoms with Crippen molar-refractivity contribution in [1.82, 2.24) is 0 Å². The number of benzene rings is 1. The summed E-state index contributed by atoms with van der Waals surface area (Å²) in [5.41, 5.74) is 0.304. The van der Waals surface area contributed by atoms with Crippen LogP contribution >= 0.6 is 11.8 Å². The summed E-state index contributed by atoms with van der Waals surface area (Å²) in [6, 6.07) is 6.81. The Labute approximate surface area is 109 Å². The molecule has 1 aromatic rings. The third-order valence-corrected chi connectivity index (χ3v) is 3.67. The molecule has 94 valence electrons. The Balaban J connectivity index is 2.32. The van der Waals surface area contributed by atoms with E-state index in [-0.39, 0.29) is 11.7 Å². The molecule has 1 aliphatic heterocycles. The van der Waals surface area contributed by atoms with Gasteiger partial charge in [-0.15, -0.1) is 0 Å². The van der Waals surface area contributed by atoms with E-state index in [0.717, 1.165) is 0 Å². The van der Waals surface area contributed by atoms with Crippen LogP contribution in [0.5, 0.6) is 5.75 Å².